The van der Waals surface area contributed by atoms with Crippen LogP contribution in [0.3, 0.4) is 0 Å². The molecule has 0 spiro atoms. The van der Waals surface area contributed by atoms with Crippen LogP contribution < -0.4 is 0 Å². The lowest BCUT2D eigenvalue weighted by Gasteiger charge is -2.37. The summed E-state index contributed by atoms with van der Waals surface area (Å²) in [5.41, 5.74) is 0.438. The second-order valence-electron chi connectivity index (χ2n) is 7.32. The van der Waals surface area contributed by atoms with E-state index in [-0.39, 0.29) is 6.10 Å². The molecule has 1 radical (unpaired) electrons. The van der Waals surface area contributed by atoms with E-state index in [1.54, 1.807) is 6.08 Å². The minimum Gasteiger partial charge on any atom is -0.411 e. The molecule has 1 heterocycles. The van der Waals surface area contributed by atoms with Crippen molar-refractivity contribution in [1.82, 2.24) is 4.90 Å². The molecule has 0 N–H and O–H groups in total. The van der Waals surface area contributed by atoms with Gasteiger partial charge in [0.2, 0.25) is 0 Å². The first-order valence-corrected chi connectivity index (χ1v) is 14.5. The van der Waals surface area contributed by atoms with Gasteiger partial charge in [0.05, 0.1) is 28.1 Å². The van der Waals surface area contributed by atoms with E-state index in [1.165, 1.54) is 19.0 Å². The van der Waals surface area contributed by atoms with Crippen LogP contribution in [-0.2, 0) is 13.9 Å². The Bertz CT molecular complexity index is 340. The highest BCUT2D eigenvalue weighted by atomic mass is 28.4. The third-order valence-electron chi connectivity index (χ3n) is 4.38. The lowest BCUT2D eigenvalue weighted by molar-refractivity contribution is 0.0282. The van der Waals surface area contributed by atoms with Gasteiger partial charge in [0.25, 0.3) is 0 Å². The molecule has 135 valence electrons. The molecule has 0 aromatic carbocycles. The minimum absolute atomic E-state index is 0.186. The Morgan fingerprint density at radius 3 is 2.78 bits per heavy atom. The predicted octanol–water partition coefficient (Wildman–Crippen LogP) is 3.18. The summed E-state index contributed by atoms with van der Waals surface area (Å²) in [6.45, 7) is 17.5. The molecule has 4 nitrogen and oxygen atoms in total. The van der Waals surface area contributed by atoms with Crippen molar-refractivity contribution in [2.24, 2.45) is 0 Å². The smallest absolute Gasteiger partial charge is 0.187 e. The average molecular weight is 359 g/mol. The Morgan fingerprint density at radius 2 is 2.17 bits per heavy atom. The van der Waals surface area contributed by atoms with Crippen LogP contribution in [0, 0.1) is 0 Å². The van der Waals surface area contributed by atoms with E-state index in [9.17, 15) is 0 Å². The van der Waals surface area contributed by atoms with Gasteiger partial charge in [0, 0.05) is 25.9 Å². The number of hydrogen-bond donors (Lipinski definition) is 0. The van der Waals surface area contributed by atoms with E-state index >= 15 is 0 Å². The van der Waals surface area contributed by atoms with Crippen molar-refractivity contribution in [3.63, 3.8) is 0 Å². The molecule has 1 aliphatic rings. The molecular weight excluding hydrogens is 322 g/mol. The van der Waals surface area contributed by atoms with Crippen LogP contribution in [0.15, 0.2) is 12.7 Å². The monoisotopic (exact) mass is 358 g/mol. The molecule has 0 amide bonds. The normalized spacial score (nSPS) is 24.2. The van der Waals surface area contributed by atoms with Gasteiger partial charge in [-0.15, -0.1) is 6.58 Å². The van der Waals surface area contributed by atoms with E-state index in [4.69, 9.17) is 13.9 Å². The Hall–Kier alpha value is 0.0138. The van der Waals surface area contributed by atoms with Crippen molar-refractivity contribution in [2.75, 3.05) is 40.0 Å². The van der Waals surface area contributed by atoms with Crippen LogP contribution in [-0.4, -0.2) is 73.8 Å². The zero-order valence-electron chi connectivity index (χ0n) is 15.8. The molecule has 0 aliphatic carbocycles. The summed E-state index contributed by atoms with van der Waals surface area (Å²) in [5.74, 6) is 0. The van der Waals surface area contributed by atoms with E-state index in [2.05, 4.69) is 37.7 Å². The van der Waals surface area contributed by atoms with Crippen LogP contribution in [0.1, 0.15) is 12.8 Å². The zero-order chi connectivity index (χ0) is 17.3. The van der Waals surface area contributed by atoms with Crippen molar-refractivity contribution in [3.05, 3.63) is 12.7 Å². The van der Waals surface area contributed by atoms with Gasteiger partial charge in [-0.3, -0.25) is 0 Å². The van der Waals surface area contributed by atoms with E-state index in [1.807, 2.05) is 7.11 Å². The van der Waals surface area contributed by atoms with Crippen molar-refractivity contribution < 1.29 is 13.9 Å². The van der Waals surface area contributed by atoms with Crippen LogP contribution in [0.25, 0.3) is 0 Å². The van der Waals surface area contributed by atoms with Crippen LogP contribution >= 0.6 is 0 Å². The van der Waals surface area contributed by atoms with Gasteiger partial charge in [-0.25, -0.2) is 0 Å². The fourth-order valence-corrected chi connectivity index (χ4v) is 6.52. The Morgan fingerprint density at radius 1 is 1.43 bits per heavy atom. The summed E-state index contributed by atoms with van der Waals surface area (Å²) in [7, 11) is -0.0996. The molecule has 23 heavy (non-hydrogen) atoms. The summed E-state index contributed by atoms with van der Waals surface area (Å²) in [6, 6.07) is 1.23. The van der Waals surface area contributed by atoms with Gasteiger partial charge < -0.3 is 18.8 Å². The first kappa shape index (κ1) is 21.1. The summed E-state index contributed by atoms with van der Waals surface area (Å²) < 4.78 is 17.8. The van der Waals surface area contributed by atoms with Gasteiger partial charge in [-0.2, -0.15) is 0 Å². The maximum atomic E-state index is 6.45. The van der Waals surface area contributed by atoms with Crippen LogP contribution in [0.4, 0.5) is 0 Å². The summed E-state index contributed by atoms with van der Waals surface area (Å²) in [5, 5.41) is 0. The van der Waals surface area contributed by atoms with Gasteiger partial charge in [-0.05, 0) is 38.5 Å². The second kappa shape index (κ2) is 10.8. The number of methoxy groups -OCH3 is 1. The second-order valence-corrected chi connectivity index (χ2v) is 14.4. The number of nitrogens with zero attached hydrogens (tertiary/aromatic N) is 1. The first-order chi connectivity index (χ1) is 10.9. The topological polar surface area (TPSA) is 30.9 Å². The Kier molecular flexibility index (Phi) is 9.88. The first-order valence-electron chi connectivity index (χ1n) is 8.79. The maximum absolute atomic E-state index is 6.45. The Labute approximate surface area is 145 Å². The highest BCUT2D eigenvalue weighted by Crippen LogP contribution is 2.21. The molecule has 1 rings (SSSR count). The molecule has 0 aromatic rings. The van der Waals surface area contributed by atoms with Gasteiger partial charge >= 0.3 is 0 Å². The third kappa shape index (κ3) is 8.60. The molecule has 2 unspecified atom stereocenters. The van der Waals surface area contributed by atoms with Crippen molar-refractivity contribution in [1.29, 1.82) is 0 Å². The van der Waals surface area contributed by atoms with Crippen LogP contribution in [0.2, 0.25) is 32.2 Å². The van der Waals surface area contributed by atoms with E-state index in [0.717, 1.165) is 19.5 Å². The van der Waals surface area contributed by atoms with Crippen molar-refractivity contribution in [2.45, 2.75) is 56.9 Å². The molecule has 1 saturated heterocycles. The molecule has 2 atom stereocenters. The standard InChI is InChI=1S/C17H36NO3Si2/c1-7-12-20-15-16-14-18(10-8-13-23(5,6)21-16)11-9-17(19-2)22(3)4/h7,16-17H,1,8-15H2,2-6H3. The van der Waals surface area contributed by atoms with Crippen molar-refractivity contribution >= 4 is 17.1 Å². The van der Waals surface area contributed by atoms with Crippen LogP contribution in [0.5, 0.6) is 0 Å². The van der Waals surface area contributed by atoms with E-state index in [0.29, 0.717) is 18.9 Å². The fourth-order valence-electron chi connectivity index (χ4n) is 3.17. The fraction of sp³-hybridized carbons (Fsp3) is 0.882. The lowest BCUT2D eigenvalue weighted by Crippen LogP contribution is -2.47. The quantitative estimate of drug-likeness (QED) is 0.360. The molecule has 1 fully saturated rings. The van der Waals surface area contributed by atoms with Gasteiger partial charge in [-0.1, -0.05) is 19.2 Å². The van der Waals surface area contributed by atoms with Crippen molar-refractivity contribution in [3.8, 4) is 0 Å². The summed E-state index contributed by atoms with van der Waals surface area (Å²) >= 11 is 0. The molecule has 0 saturated carbocycles. The summed E-state index contributed by atoms with van der Waals surface area (Å²) in [4.78, 5) is 2.54. The molecule has 0 aromatic heterocycles. The zero-order valence-corrected chi connectivity index (χ0v) is 17.8. The SMILES string of the molecule is C=CCOCC1CN(CCC(OC)[Si](C)C)CCC[Si](C)(C)O1. The minimum atomic E-state index is -1.55. The Balaban J connectivity index is 2.56. The number of rotatable bonds is 9. The van der Waals surface area contributed by atoms with E-state index < -0.39 is 17.1 Å². The molecular formula is C17H36NO3Si2. The number of ether oxygens (including phenoxy) is 2. The van der Waals surface area contributed by atoms with Gasteiger partial charge in [0.15, 0.2) is 8.32 Å². The lowest BCUT2D eigenvalue weighted by atomic mass is 10.3. The largest absolute Gasteiger partial charge is 0.411 e. The predicted molar refractivity (Wildman–Crippen MR) is 102 cm³/mol. The highest BCUT2D eigenvalue weighted by Gasteiger charge is 2.30. The highest BCUT2D eigenvalue weighted by molar-refractivity contribution is 6.71. The average Bonchev–Trinajstić information content (AvgIpc) is 2.45. The molecule has 0 bridgehead atoms. The van der Waals surface area contributed by atoms with Gasteiger partial charge in [0.1, 0.15) is 0 Å². The maximum Gasteiger partial charge on any atom is 0.187 e. The molecule has 1 aliphatic heterocycles. The molecule has 6 heteroatoms. The number of hydrogen-bond acceptors (Lipinski definition) is 4. The summed E-state index contributed by atoms with van der Waals surface area (Å²) in [6.07, 6.45) is 4.36. The third-order valence-corrected chi connectivity index (χ3v) is 8.72.